The summed E-state index contributed by atoms with van der Waals surface area (Å²) < 4.78 is 0.334. The lowest BCUT2D eigenvalue weighted by Crippen LogP contribution is -2.18. The monoisotopic (exact) mass is 303 g/mol. The number of nitriles is 1. The minimum atomic E-state index is 0.334. The molecule has 1 N–H and O–H groups in total. The Hall–Kier alpha value is -1.44. The molecule has 20 heavy (non-hydrogen) atoms. The summed E-state index contributed by atoms with van der Waals surface area (Å²) in [5.41, 5.74) is 2.27. The molecule has 3 nitrogen and oxygen atoms in total. The molecule has 1 heterocycles. The highest BCUT2D eigenvalue weighted by Crippen LogP contribution is 2.47. The van der Waals surface area contributed by atoms with Gasteiger partial charge in [-0.25, -0.2) is 0 Å². The molecular formula is C15H14ClN3S. The molecule has 0 spiro atoms. The van der Waals surface area contributed by atoms with E-state index in [0.29, 0.717) is 15.3 Å². The maximum absolute atomic E-state index is 9.28. The van der Waals surface area contributed by atoms with Crippen LogP contribution in [-0.2, 0) is 0 Å². The zero-order valence-corrected chi connectivity index (χ0v) is 12.7. The zero-order chi connectivity index (χ0) is 14.2. The predicted octanol–water partition coefficient (Wildman–Crippen LogP) is 4.07. The molecule has 0 aliphatic heterocycles. The van der Waals surface area contributed by atoms with Gasteiger partial charge in [-0.3, -0.25) is 4.98 Å². The Labute approximate surface area is 127 Å². The Balaban J connectivity index is 2.02. The molecule has 0 bridgehead atoms. The van der Waals surface area contributed by atoms with Gasteiger partial charge in [0.05, 0.1) is 16.8 Å². The average molecular weight is 304 g/mol. The second-order valence-corrected chi connectivity index (χ2v) is 6.77. The summed E-state index contributed by atoms with van der Waals surface area (Å²) in [7, 11) is 0. The fourth-order valence-electron chi connectivity index (χ4n) is 2.28. The molecule has 0 unspecified atom stereocenters. The SMILES string of the molecule is CSC1(CNc2c(C#N)cnc3ccc(Cl)cc23)CC1. The third-order valence-corrected chi connectivity index (χ3v) is 5.43. The molecule has 0 saturated heterocycles. The number of benzene rings is 1. The molecule has 1 saturated carbocycles. The molecule has 1 fully saturated rings. The van der Waals surface area contributed by atoms with Crippen LogP contribution in [0.5, 0.6) is 0 Å². The van der Waals surface area contributed by atoms with Gasteiger partial charge in [0.25, 0.3) is 0 Å². The van der Waals surface area contributed by atoms with Crippen molar-refractivity contribution in [2.24, 2.45) is 0 Å². The van der Waals surface area contributed by atoms with Crippen LogP contribution in [0, 0.1) is 11.3 Å². The largest absolute Gasteiger partial charge is 0.382 e. The van der Waals surface area contributed by atoms with Gasteiger partial charge >= 0.3 is 0 Å². The van der Waals surface area contributed by atoms with Crippen LogP contribution in [0.4, 0.5) is 5.69 Å². The van der Waals surface area contributed by atoms with Crippen molar-refractivity contribution in [3.8, 4) is 6.07 Å². The minimum Gasteiger partial charge on any atom is -0.382 e. The first-order valence-electron chi connectivity index (χ1n) is 6.45. The molecule has 1 aliphatic carbocycles. The molecule has 3 rings (SSSR count). The first-order chi connectivity index (χ1) is 9.67. The minimum absolute atomic E-state index is 0.334. The fraction of sp³-hybridized carbons (Fsp3) is 0.333. The van der Waals surface area contributed by atoms with E-state index in [-0.39, 0.29) is 0 Å². The third kappa shape index (κ3) is 2.44. The summed E-state index contributed by atoms with van der Waals surface area (Å²) in [5, 5.41) is 14.3. The first kappa shape index (κ1) is 13.5. The van der Waals surface area contributed by atoms with Gasteiger partial charge in [-0.15, -0.1) is 0 Å². The van der Waals surface area contributed by atoms with Gasteiger partial charge in [0.2, 0.25) is 0 Å². The van der Waals surface area contributed by atoms with Crippen LogP contribution in [0.3, 0.4) is 0 Å². The number of nitrogens with zero attached hydrogens (tertiary/aromatic N) is 2. The van der Waals surface area contributed by atoms with E-state index in [2.05, 4.69) is 22.6 Å². The lowest BCUT2D eigenvalue weighted by molar-refractivity contribution is 0.950. The molecular weight excluding hydrogens is 290 g/mol. The smallest absolute Gasteiger partial charge is 0.103 e. The van der Waals surface area contributed by atoms with Gasteiger partial charge in [0, 0.05) is 27.9 Å². The summed E-state index contributed by atoms with van der Waals surface area (Å²) in [6.45, 7) is 0.870. The van der Waals surface area contributed by atoms with Crippen LogP contribution >= 0.6 is 23.4 Å². The van der Waals surface area contributed by atoms with Crippen LogP contribution in [0.25, 0.3) is 10.9 Å². The molecule has 0 amide bonds. The summed E-state index contributed by atoms with van der Waals surface area (Å²) in [6.07, 6.45) is 6.22. The Morgan fingerprint density at radius 1 is 1.50 bits per heavy atom. The van der Waals surface area contributed by atoms with Gasteiger partial charge in [-0.1, -0.05) is 11.6 Å². The number of hydrogen-bond acceptors (Lipinski definition) is 4. The number of rotatable bonds is 4. The maximum atomic E-state index is 9.28. The maximum Gasteiger partial charge on any atom is 0.103 e. The highest BCUT2D eigenvalue weighted by molar-refractivity contribution is 8.00. The van der Waals surface area contributed by atoms with Crippen LogP contribution < -0.4 is 5.32 Å². The van der Waals surface area contributed by atoms with E-state index in [1.807, 2.05) is 30.0 Å². The Morgan fingerprint density at radius 2 is 2.30 bits per heavy atom. The fourth-order valence-corrected chi connectivity index (χ4v) is 3.18. The number of pyridine rings is 1. The molecule has 1 aromatic carbocycles. The Kier molecular flexibility index (Phi) is 3.49. The van der Waals surface area contributed by atoms with E-state index in [9.17, 15) is 5.26 Å². The van der Waals surface area contributed by atoms with Gasteiger partial charge in [0.15, 0.2) is 0 Å². The molecule has 2 aromatic rings. The summed E-state index contributed by atoms with van der Waals surface area (Å²) in [4.78, 5) is 4.31. The predicted molar refractivity (Wildman–Crippen MR) is 85.4 cm³/mol. The number of thioether (sulfide) groups is 1. The summed E-state index contributed by atoms with van der Waals surface area (Å²) in [5.74, 6) is 0. The normalized spacial score (nSPS) is 15.8. The quantitative estimate of drug-likeness (QED) is 0.925. The van der Waals surface area contributed by atoms with E-state index < -0.39 is 0 Å². The van der Waals surface area contributed by atoms with Crippen molar-refractivity contribution in [2.75, 3.05) is 18.1 Å². The van der Waals surface area contributed by atoms with E-state index in [1.165, 1.54) is 12.8 Å². The van der Waals surface area contributed by atoms with Crippen molar-refractivity contribution in [1.82, 2.24) is 4.98 Å². The third-order valence-electron chi connectivity index (χ3n) is 3.78. The van der Waals surface area contributed by atoms with Gasteiger partial charge < -0.3 is 5.32 Å². The number of nitrogens with one attached hydrogen (secondary N) is 1. The Morgan fingerprint density at radius 3 is 2.95 bits per heavy atom. The molecule has 102 valence electrons. The lowest BCUT2D eigenvalue weighted by atomic mass is 10.1. The molecule has 1 aliphatic rings. The van der Waals surface area contributed by atoms with E-state index in [0.717, 1.165) is 23.1 Å². The van der Waals surface area contributed by atoms with Crippen molar-refractivity contribution < 1.29 is 0 Å². The van der Waals surface area contributed by atoms with E-state index in [1.54, 1.807) is 6.20 Å². The average Bonchev–Trinajstić information content (AvgIpc) is 3.25. The highest BCUT2D eigenvalue weighted by atomic mass is 35.5. The van der Waals surface area contributed by atoms with Crippen molar-refractivity contribution >= 4 is 40.0 Å². The number of fused-ring (bicyclic) bond motifs is 1. The van der Waals surface area contributed by atoms with E-state index in [4.69, 9.17) is 11.6 Å². The van der Waals surface area contributed by atoms with Crippen molar-refractivity contribution in [3.05, 3.63) is 35.0 Å². The molecule has 1 aromatic heterocycles. The number of anilines is 1. The van der Waals surface area contributed by atoms with Crippen molar-refractivity contribution in [3.63, 3.8) is 0 Å². The van der Waals surface area contributed by atoms with Crippen LogP contribution in [0.2, 0.25) is 5.02 Å². The molecule has 0 radical (unpaired) electrons. The van der Waals surface area contributed by atoms with Crippen LogP contribution in [0.1, 0.15) is 18.4 Å². The summed E-state index contributed by atoms with van der Waals surface area (Å²) in [6, 6.07) is 7.77. The second-order valence-electron chi connectivity index (χ2n) is 5.06. The van der Waals surface area contributed by atoms with Crippen LogP contribution in [-0.4, -0.2) is 22.5 Å². The number of hydrogen-bond donors (Lipinski definition) is 1. The van der Waals surface area contributed by atoms with Gasteiger partial charge in [0.1, 0.15) is 6.07 Å². The van der Waals surface area contributed by atoms with Crippen LogP contribution in [0.15, 0.2) is 24.4 Å². The molecule has 0 atom stereocenters. The standard InChI is InChI=1S/C15H14ClN3S/c1-20-15(4-5-15)9-19-14-10(7-17)8-18-13-3-2-11(16)6-12(13)14/h2-3,6,8H,4-5,9H2,1H3,(H,18,19). The molecule has 5 heteroatoms. The van der Waals surface area contributed by atoms with Gasteiger partial charge in [-0.05, 0) is 37.3 Å². The second kappa shape index (κ2) is 5.16. The number of halogens is 1. The number of aromatic nitrogens is 1. The Bertz CT molecular complexity index is 704. The lowest BCUT2D eigenvalue weighted by Gasteiger charge is -2.16. The first-order valence-corrected chi connectivity index (χ1v) is 8.05. The van der Waals surface area contributed by atoms with Gasteiger partial charge in [-0.2, -0.15) is 17.0 Å². The topological polar surface area (TPSA) is 48.7 Å². The van der Waals surface area contributed by atoms with Crippen molar-refractivity contribution in [1.29, 1.82) is 5.26 Å². The summed E-state index contributed by atoms with van der Waals surface area (Å²) >= 11 is 7.97. The highest BCUT2D eigenvalue weighted by Gasteiger charge is 2.41. The zero-order valence-electron chi connectivity index (χ0n) is 11.1. The van der Waals surface area contributed by atoms with Crippen molar-refractivity contribution in [2.45, 2.75) is 17.6 Å². The van der Waals surface area contributed by atoms with E-state index >= 15 is 0 Å².